The van der Waals surface area contributed by atoms with Gasteiger partial charge < -0.3 is 5.32 Å². The molecule has 3 rings (SSSR count). The van der Waals surface area contributed by atoms with Gasteiger partial charge in [-0.05, 0) is 30.9 Å². The molecule has 1 aliphatic heterocycles. The van der Waals surface area contributed by atoms with Gasteiger partial charge in [0.2, 0.25) is 5.95 Å². The summed E-state index contributed by atoms with van der Waals surface area (Å²) in [6.45, 7) is 9.52. The molecule has 0 aliphatic carbocycles. The zero-order valence-corrected chi connectivity index (χ0v) is 13.6. The molecular weight excluding hydrogens is 272 g/mol. The second-order valence-corrected chi connectivity index (χ2v) is 6.37. The van der Waals surface area contributed by atoms with Crippen LogP contribution in [0.4, 0.5) is 5.95 Å². The maximum Gasteiger partial charge on any atom is 0.223 e. The van der Waals surface area contributed by atoms with E-state index < -0.39 is 0 Å². The molecule has 4 nitrogen and oxygen atoms in total. The number of anilines is 1. The number of nitrogens with zero attached hydrogens (tertiary/aromatic N) is 3. The van der Waals surface area contributed by atoms with Gasteiger partial charge in [-0.25, -0.2) is 9.97 Å². The predicted molar refractivity (Wildman–Crippen MR) is 89.8 cm³/mol. The van der Waals surface area contributed by atoms with Crippen LogP contribution in [0.25, 0.3) is 0 Å². The summed E-state index contributed by atoms with van der Waals surface area (Å²) in [6.07, 6.45) is 1.89. The van der Waals surface area contributed by atoms with Gasteiger partial charge in [0.1, 0.15) is 0 Å². The van der Waals surface area contributed by atoms with Crippen molar-refractivity contribution < 1.29 is 0 Å². The van der Waals surface area contributed by atoms with Crippen molar-refractivity contribution in [3.05, 3.63) is 53.3 Å². The van der Waals surface area contributed by atoms with Crippen LogP contribution in [-0.2, 0) is 6.54 Å². The Bertz CT molecular complexity index is 626. The first-order chi connectivity index (χ1) is 10.6. The van der Waals surface area contributed by atoms with Gasteiger partial charge in [-0.3, -0.25) is 4.90 Å². The Balaban J connectivity index is 1.62. The lowest BCUT2D eigenvalue weighted by molar-refractivity contribution is 0.319. The molecule has 1 N–H and O–H groups in total. The van der Waals surface area contributed by atoms with Gasteiger partial charge in [0.15, 0.2) is 0 Å². The summed E-state index contributed by atoms with van der Waals surface area (Å²) in [5.41, 5.74) is 3.55. The SMILES string of the molecule is Cc1cnc(NC2CN(Cc3ccccc3)CC2C)nc1C. The normalized spacial score (nSPS) is 22.0. The lowest BCUT2D eigenvalue weighted by Crippen LogP contribution is -2.29. The third-order valence-corrected chi connectivity index (χ3v) is 4.48. The number of hydrogen-bond donors (Lipinski definition) is 1. The second-order valence-electron chi connectivity index (χ2n) is 6.37. The number of aryl methyl sites for hydroxylation is 2. The number of nitrogens with one attached hydrogen (secondary N) is 1. The Labute approximate surface area is 132 Å². The number of rotatable bonds is 4. The zero-order chi connectivity index (χ0) is 15.5. The lowest BCUT2D eigenvalue weighted by Gasteiger charge is -2.17. The quantitative estimate of drug-likeness (QED) is 0.941. The average Bonchev–Trinajstić information content (AvgIpc) is 2.84. The van der Waals surface area contributed by atoms with Crippen LogP contribution in [0.2, 0.25) is 0 Å². The third kappa shape index (κ3) is 3.45. The average molecular weight is 296 g/mol. The molecule has 1 fully saturated rings. The fraction of sp³-hybridized carbons (Fsp3) is 0.444. The molecule has 1 aromatic carbocycles. The minimum Gasteiger partial charge on any atom is -0.350 e. The van der Waals surface area contributed by atoms with E-state index in [0.717, 1.165) is 36.8 Å². The van der Waals surface area contributed by atoms with Crippen molar-refractivity contribution in [3.8, 4) is 0 Å². The molecule has 22 heavy (non-hydrogen) atoms. The topological polar surface area (TPSA) is 41.1 Å². The van der Waals surface area contributed by atoms with Crippen LogP contribution in [0.5, 0.6) is 0 Å². The number of likely N-dealkylation sites (tertiary alicyclic amines) is 1. The molecule has 0 radical (unpaired) electrons. The van der Waals surface area contributed by atoms with Crippen LogP contribution >= 0.6 is 0 Å². The van der Waals surface area contributed by atoms with E-state index in [9.17, 15) is 0 Å². The predicted octanol–water partition coefficient (Wildman–Crippen LogP) is 3.03. The zero-order valence-electron chi connectivity index (χ0n) is 13.6. The van der Waals surface area contributed by atoms with Crippen molar-refractivity contribution >= 4 is 5.95 Å². The summed E-state index contributed by atoms with van der Waals surface area (Å²) < 4.78 is 0. The minimum atomic E-state index is 0.408. The van der Waals surface area contributed by atoms with Crippen molar-refractivity contribution in [2.75, 3.05) is 18.4 Å². The Morgan fingerprint density at radius 2 is 1.95 bits per heavy atom. The molecule has 1 saturated heterocycles. The fourth-order valence-electron chi connectivity index (χ4n) is 2.99. The first kappa shape index (κ1) is 15.0. The highest BCUT2D eigenvalue weighted by atomic mass is 15.2. The van der Waals surface area contributed by atoms with E-state index in [1.807, 2.05) is 20.0 Å². The Morgan fingerprint density at radius 3 is 2.68 bits per heavy atom. The molecule has 1 aliphatic rings. The highest BCUT2D eigenvalue weighted by molar-refractivity contribution is 5.30. The van der Waals surface area contributed by atoms with E-state index in [2.05, 4.69) is 57.4 Å². The van der Waals surface area contributed by atoms with Crippen LogP contribution in [-0.4, -0.2) is 34.0 Å². The highest BCUT2D eigenvalue weighted by Gasteiger charge is 2.29. The van der Waals surface area contributed by atoms with Crippen LogP contribution in [0.3, 0.4) is 0 Å². The summed E-state index contributed by atoms with van der Waals surface area (Å²) in [4.78, 5) is 11.4. The lowest BCUT2D eigenvalue weighted by atomic mass is 10.1. The first-order valence-electron chi connectivity index (χ1n) is 7.95. The summed E-state index contributed by atoms with van der Waals surface area (Å²) >= 11 is 0. The van der Waals surface area contributed by atoms with Gasteiger partial charge in [0.05, 0.1) is 0 Å². The van der Waals surface area contributed by atoms with Gasteiger partial charge in [0.25, 0.3) is 0 Å². The highest BCUT2D eigenvalue weighted by Crippen LogP contribution is 2.21. The van der Waals surface area contributed by atoms with Crippen LogP contribution < -0.4 is 5.32 Å². The van der Waals surface area contributed by atoms with Crippen LogP contribution in [0, 0.1) is 19.8 Å². The van der Waals surface area contributed by atoms with Gasteiger partial charge in [-0.15, -0.1) is 0 Å². The number of hydrogen-bond acceptors (Lipinski definition) is 4. The summed E-state index contributed by atoms with van der Waals surface area (Å²) in [7, 11) is 0. The van der Waals surface area contributed by atoms with Crippen molar-refractivity contribution in [2.45, 2.75) is 33.4 Å². The largest absolute Gasteiger partial charge is 0.350 e. The third-order valence-electron chi connectivity index (χ3n) is 4.48. The van der Waals surface area contributed by atoms with E-state index in [-0.39, 0.29) is 0 Å². The van der Waals surface area contributed by atoms with E-state index in [1.165, 1.54) is 5.56 Å². The van der Waals surface area contributed by atoms with E-state index in [4.69, 9.17) is 0 Å². The van der Waals surface area contributed by atoms with Crippen molar-refractivity contribution in [1.82, 2.24) is 14.9 Å². The number of aromatic nitrogens is 2. The molecule has 4 heteroatoms. The molecule has 2 aromatic rings. The Kier molecular flexibility index (Phi) is 4.39. The monoisotopic (exact) mass is 296 g/mol. The molecular formula is C18H24N4. The van der Waals surface area contributed by atoms with Gasteiger partial charge in [0, 0.05) is 37.6 Å². The summed E-state index contributed by atoms with van der Waals surface area (Å²) in [5.74, 6) is 1.34. The Morgan fingerprint density at radius 1 is 1.18 bits per heavy atom. The molecule has 1 aromatic heterocycles. The summed E-state index contributed by atoms with van der Waals surface area (Å²) in [6, 6.07) is 11.1. The molecule has 2 atom stereocenters. The molecule has 0 amide bonds. The van der Waals surface area contributed by atoms with Crippen LogP contribution in [0.15, 0.2) is 36.5 Å². The molecule has 0 bridgehead atoms. The van der Waals surface area contributed by atoms with Crippen molar-refractivity contribution in [3.63, 3.8) is 0 Å². The van der Waals surface area contributed by atoms with Gasteiger partial charge in [-0.1, -0.05) is 37.3 Å². The smallest absolute Gasteiger partial charge is 0.223 e. The first-order valence-corrected chi connectivity index (χ1v) is 7.95. The molecule has 116 valence electrons. The van der Waals surface area contributed by atoms with Gasteiger partial charge in [-0.2, -0.15) is 0 Å². The van der Waals surface area contributed by atoms with Gasteiger partial charge >= 0.3 is 0 Å². The van der Waals surface area contributed by atoms with Crippen LogP contribution in [0.1, 0.15) is 23.7 Å². The maximum absolute atomic E-state index is 4.54. The fourth-order valence-corrected chi connectivity index (χ4v) is 2.99. The minimum absolute atomic E-state index is 0.408. The van der Waals surface area contributed by atoms with E-state index >= 15 is 0 Å². The van der Waals surface area contributed by atoms with E-state index in [0.29, 0.717) is 12.0 Å². The van der Waals surface area contributed by atoms with Crippen molar-refractivity contribution in [1.29, 1.82) is 0 Å². The summed E-state index contributed by atoms with van der Waals surface area (Å²) in [5, 5.41) is 3.51. The number of benzene rings is 1. The Hall–Kier alpha value is -1.94. The molecule has 2 unspecified atom stereocenters. The molecule has 2 heterocycles. The van der Waals surface area contributed by atoms with E-state index in [1.54, 1.807) is 0 Å². The maximum atomic E-state index is 4.54. The van der Waals surface area contributed by atoms with Crippen molar-refractivity contribution in [2.24, 2.45) is 5.92 Å². The standard InChI is InChI=1S/C18H24N4/c1-13-9-19-18(20-15(13)3)21-17-12-22(10-14(17)2)11-16-7-5-4-6-8-16/h4-9,14,17H,10-12H2,1-3H3,(H,19,20,21). The second kappa shape index (κ2) is 6.44. The molecule has 0 spiro atoms. The molecule has 0 saturated carbocycles.